The predicted molar refractivity (Wildman–Crippen MR) is 125 cm³/mol. The van der Waals surface area contributed by atoms with Gasteiger partial charge >= 0.3 is 0 Å². The van der Waals surface area contributed by atoms with Crippen molar-refractivity contribution in [3.63, 3.8) is 0 Å². The number of carbonyl (C=O) groups excluding carboxylic acids is 1. The minimum Gasteiger partial charge on any atom is -0.733 e. The first-order valence-corrected chi connectivity index (χ1v) is 10.6. The maximum Gasteiger partial charge on any atom is 0.265 e. The highest BCUT2D eigenvalue weighted by molar-refractivity contribution is 7.10. The predicted octanol–water partition coefficient (Wildman–Crippen LogP) is 4.43. The maximum absolute atomic E-state index is 13.2. The Morgan fingerprint density at radius 2 is 1.97 bits per heavy atom. The number of aryl methyl sites for hydroxylation is 1. The second-order valence-corrected chi connectivity index (χ2v) is 8.25. The molecule has 0 aliphatic carbocycles. The molecule has 8 nitrogen and oxygen atoms in total. The molecule has 0 radical (unpaired) electrons. The van der Waals surface area contributed by atoms with Crippen LogP contribution < -0.4 is 16.1 Å². The fraction of sp³-hybridized carbons (Fsp3) is 0.130. The molecule has 0 aliphatic rings. The molecular weight excluding hydrogens is 430 g/mol. The molecule has 0 spiro atoms. The zero-order chi connectivity index (χ0) is 22.8. The molecular formula is C23H20N3O5S-. The van der Waals surface area contributed by atoms with Crippen LogP contribution in [-0.2, 0) is 7.05 Å². The van der Waals surface area contributed by atoms with E-state index in [0.717, 1.165) is 4.88 Å². The summed E-state index contributed by atoms with van der Waals surface area (Å²) < 4.78 is 1.35. The van der Waals surface area contributed by atoms with Gasteiger partial charge in [0.2, 0.25) is 0 Å². The second kappa shape index (κ2) is 8.83. The molecule has 0 saturated carbocycles. The van der Waals surface area contributed by atoms with E-state index in [1.54, 1.807) is 43.4 Å². The third-order valence-electron chi connectivity index (χ3n) is 5.24. The molecule has 9 heteroatoms. The topological polar surface area (TPSA) is 118 Å². The summed E-state index contributed by atoms with van der Waals surface area (Å²) in [5, 5.41) is 36.4. The fourth-order valence-corrected chi connectivity index (χ4v) is 4.42. The number of Topliss-reactive ketones (excluding diaryl/α,β-unsaturated/α-hetero) is 1. The summed E-state index contributed by atoms with van der Waals surface area (Å²) in [6, 6.07) is 16.2. The average molecular weight is 450 g/mol. The Hall–Kier alpha value is -3.66. The van der Waals surface area contributed by atoms with Crippen LogP contribution in [0.3, 0.4) is 0 Å². The number of nitrogens with zero attached hydrogens (tertiary/aromatic N) is 2. The number of benzene rings is 2. The number of anilines is 2. The van der Waals surface area contributed by atoms with E-state index in [1.165, 1.54) is 28.0 Å². The molecule has 0 fully saturated rings. The van der Waals surface area contributed by atoms with Gasteiger partial charge < -0.3 is 25.4 Å². The van der Waals surface area contributed by atoms with E-state index in [2.05, 4.69) is 5.32 Å². The highest BCUT2D eigenvalue weighted by Gasteiger charge is 2.25. The van der Waals surface area contributed by atoms with E-state index in [0.29, 0.717) is 16.6 Å². The van der Waals surface area contributed by atoms with Gasteiger partial charge in [-0.2, -0.15) is 0 Å². The highest BCUT2D eigenvalue weighted by atomic mass is 32.1. The van der Waals surface area contributed by atoms with Gasteiger partial charge in [0, 0.05) is 29.4 Å². The number of aromatic hydroxyl groups is 1. The summed E-state index contributed by atoms with van der Waals surface area (Å²) in [7, 11) is 1.56. The molecule has 0 unspecified atom stereocenters. The minimum absolute atomic E-state index is 0.0345. The quantitative estimate of drug-likeness (QED) is 0.282. The fourth-order valence-electron chi connectivity index (χ4n) is 3.65. The number of fused-ring (bicyclic) bond motifs is 1. The van der Waals surface area contributed by atoms with Crippen molar-refractivity contribution in [3.05, 3.63) is 92.0 Å². The first-order chi connectivity index (χ1) is 15.4. The van der Waals surface area contributed by atoms with Crippen LogP contribution in [0.5, 0.6) is 5.75 Å². The van der Waals surface area contributed by atoms with Crippen LogP contribution in [0.15, 0.2) is 70.8 Å². The van der Waals surface area contributed by atoms with E-state index in [-0.39, 0.29) is 28.6 Å². The standard InChI is InChI=1S/C23H20N3O5S/c1-25-18-9-3-2-8-16(18)22(28)21(23(25)29)19(27)13-17(20-10-5-11-32-20)24-14-6-4-7-15(12-14)26(30)31/h2-12,17,24,28,30H,13H2,1H3/q-1/t17-/m0/s1. The molecule has 32 heavy (non-hydrogen) atoms. The lowest BCUT2D eigenvalue weighted by Gasteiger charge is -2.24. The number of rotatable bonds is 7. The van der Waals surface area contributed by atoms with Crippen LogP contribution in [0, 0.1) is 5.21 Å². The van der Waals surface area contributed by atoms with Crippen LogP contribution in [0.2, 0.25) is 0 Å². The van der Waals surface area contributed by atoms with Crippen molar-refractivity contribution in [2.24, 2.45) is 7.05 Å². The number of hydrogen-bond acceptors (Lipinski definition) is 8. The summed E-state index contributed by atoms with van der Waals surface area (Å²) >= 11 is 1.43. The summed E-state index contributed by atoms with van der Waals surface area (Å²) in [4.78, 5) is 27.0. The Bertz CT molecular complexity index is 1330. The SMILES string of the molecule is Cn1c(=O)c(C(=O)C[C@H](Nc2cccc(N([O-])O)c2)c2cccs2)c(O)c2ccccc21. The van der Waals surface area contributed by atoms with Gasteiger partial charge in [0.05, 0.1) is 17.2 Å². The van der Waals surface area contributed by atoms with E-state index < -0.39 is 17.4 Å². The van der Waals surface area contributed by atoms with Crippen molar-refractivity contribution in [1.29, 1.82) is 0 Å². The minimum atomic E-state index is -0.569. The number of carbonyl (C=O) groups is 1. The Morgan fingerprint density at radius 3 is 2.69 bits per heavy atom. The van der Waals surface area contributed by atoms with Gasteiger partial charge in [0.1, 0.15) is 11.3 Å². The molecule has 3 N–H and O–H groups in total. The zero-order valence-electron chi connectivity index (χ0n) is 17.1. The lowest BCUT2D eigenvalue weighted by Crippen LogP contribution is -2.26. The van der Waals surface area contributed by atoms with Crippen LogP contribution >= 0.6 is 11.3 Å². The Labute approximate surface area is 187 Å². The lowest BCUT2D eigenvalue weighted by atomic mass is 10.0. The monoisotopic (exact) mass is 450 g/mol. The molecule has 164 valence electrons. The number of thiophene rings is 1. The van der Waals surface area contributed by atoms with Gasteiger partial charge in [-0.1, -0.05) is 24.3 Å². The van der Waals surface area contributed by atoms with Crippen molar-refractivity contribution in [2.45, 2.75) is 12.5 Å². The Balaban J connectivity index is 1.70. The van der Waals surface area contributed by atoms with Crippen LogP contribution in [0.25, 0.3) is 10.9 Å². The number of para-hydroxylation sites is 1. The molecule has 0 bridgehead atoms. The molecule has 2 aromatic heterocycles. The number of hydrogen-bond donors (Lipinski definition) is 3. The van der Waals surface area contributed by atoms with Gasteiger partial charge in [-0.15, -0.1) is 11.3 Å². The summed E-state index contributed by atoms with van der Waals surface area (Å²) in [5.41, 5.74) is 0.249. The molecule has 2 heterocycles. The van der Waals surface area contributed by atoms with Crippen molar-refractivity contribution in [1.82, 2.24) is 4.57 Å². The second-order valence-electron chi connectivity index (χ2n) is 7.27. The lowest BCUT2D eigenvalue weighted by molar-refractivity contribution is 0.0972. The smallest absolute Gasteiger partial charge is 0.265 e. The molecule has 1 atom stereocenters. The van der Waals surface area contributed by atoms with Crippen molar-refractivity contribution >= 4 is 39.4 Å². The highest BCUT2D eigenvalue weighted by Crippen LogP contribution is 2.32. The maximum atomic E-state index is 13.2. The third-order valence-corrected chi connectivity index (χ3v) is 6.22. The normalized spacial score (nSPS) is 12.0. The largest absolute Gasteiger partial charge is 0.733 e. The van der Waals surface area contributed by atoms with Crippen molar-refractivity contribution in [3.8, 4) is 5.75 Å². The first-order valence-electron chi connectivity index (χ1n) is 9.77. The Morgan fingerprint density at radius 1 is 1.19 bits per heavy atom. The number of nitrogens with one attached hydrogen (secondary N) is 1. The summed E-state index contributed by atoms with van der Waals surface area (Å²) in [6.07, 6.45) is -0.105. The molecule has 0 saturated heterocycles. The van der Waals surface area contributed by atoms with Gasteiger partial charge in [-0.25, -0.2) is 0 Å². The van der Waals surface area contributed by atoms with E-state index >= 15 is 0 Å². The van der Waals surface area contributed by atoms with Crippen molar-refractivity contribution in [2.75, 3.05) is 10.5 Å². The van der Waals surface area contributed by atoms with E-state index in [4.69, 9.17) is 5.21 Å². The first kappa shape index (κ1) is 21.6. The summed E-state index contributed by atoms with van der Waals surface area (Å²) in [5.74, 6) is -0.841. The van der Waals surface area contributed by atoms with Crippen LogP contribution in [0.4, 0.5) is 11.4 Å². The van der Waals surface area contributed by atoms with Crippen LogP contribution in [0.1, 0.15) is 27.7 Å². The van der Waals surface area contributed by atoms with E-state index in [1.807, 2.05) is 17.5 Å². The molecule has 0 amide bonds. The zero-order valence-corrected chi connectivity index (χ0v) is 17.9. The van der Waals surface area contributed by atoms with E-state index in [9.17, 15) is 19.9 Å². The molecule has 4 aromatic rings. The van der Waals surface area contributed by atoms with Gasteiger partial charge in [-0.3, -0.25) is 14.8 Å². The Kier molecular flexibility index (Phi) is 5.95. The number of aromatic nitrogens is 1. The van der Waals surface area contributed by atoms with Gasteiger partial charge in [0.25, 0.3) is 5.56 Å². The van der Waals surface area contributed by atoms with Gasteiger partial charge in [0.15, 0.2) is 5.78 Å². The number of ketones is 1. The molecule has 4 rings (SSSR count). The molecule has 2 aromatic carbocycles. The van der Waals surface area contributed by atoms with Crippen molar-refractivity contribution < 1.29 is 15.1 Å². The summed E-state index contributed by atoms with van der Waals surface area (Å²) in [6.45, 7) is 0. The van der Waals surface area contributed by atoms with Gasteiger partial charge in [-0.05, 0) is 41.8 Å². The third kappa shape index (κ3) is 4.09. The van der Waals surface area contributed by atoms with Crippen LogP contribution in [-0.4, -0.2) is 20.7 Å². The molecule has 0 aliphatic heterocycles. The average Bonchev–Trinajstić information content (AvgIpc) is 3.32. The number of pyridine rings is 1.